The smallest absolute Gasteiger partial charge is 0.215 e. The molecule has 3 aromatic heterocycles. The van der Waals surface area contributed by atoms with Crippen LogP contribution in [-0.2, 0) is 4.99 Å². The van der Waals surface area contributed by atoms with Gasteiger partial charge in [0.2, 0.25) is 4.99 Å². The van der Waals surface area contributed by atoms with Crippen LogP contribution in [0.1, 0.15) is 5.01 Å². The summed E-state index contributed by atoms with van der Waals surface area (Å²) >= 11 is 4.98. The van der Waals surface area contributed by atoms with E-state index in [-0.39, 0.29) is 12.4 Å². The monoisotopic (exact) mass is 380 g/mol. The topological polar surface area (TPSA) is 49.8 Å². The van der Waals surface area contributed by atoms with Crippen molar-refractivity contribution in [3.63, 3.8) is 0 Å². The van der Waals surface area contributed by atoms with E-state index in [0.717, 1.165) is 16.4 Å². The van der Waals surface area contributed by atoms with Crippen molar-refractivity contribution in [3.05, 3.63) is 64.0 Å². The van der Waals surface area contributed by atoms with Gasteiger partial charge >= 0.3 is 0 Å². The van der Waals surface area contributed by atoms with Gasteiger partial charge in [-0.3, -0.25) is 0 Å². The molecule has 0 spiro atoms. The van der Waals surface area contributed by atoms with E-state index in [1.165, 1.54) is 4.88 Å². The molecule has 1 unspecified atom stereocenters. The minimum atomic E-state index is -0.467. The largest absolute Gasteiger partial charge is 0.354 e. The average molecular weight is 381 g/mol. The van der Waals surface area contributed by atoms with E-state index in [4.69, 9.17) is 0 Å². The molecule has 2 N–H and O–H groups in total. The van der Waals surface area contributed by atoms with Crippen molar-refractivity contribution in [1.29, 1.82) is 0 Å². The fourth-order valence-electron chi connectivity index (χ4n) is 2.19. The number of hydrogen-bond donors (Lipinski definition) is 2. The highest BCUT2D eigenvalue weighted by Crippen LogP contribution is 2.39. The Kier molecular flexibility index (Phi) is 4.91. The summed E-state index contributed by atoms with van der Waals surface area (Å²) in [5, 5.41) is 13.9. The van der Waals surface area contributed by atoms with E-state index in [1.54, 1.807) is 34.4 Å². The molecule has 0 saturated heterocycles. The van der Waals surface area contributed by atoms with Crippen molar-refractivity contribution in [2.45, 2.75) is 4.99 Å². The molecule has 23 heavy (non-hydrogen) atoms. The molecule has 0 aromatic carbocycles. The van der Waals surface area contributed by atoms with Crippen molar-refractivity contribution in [1.82, 2.24) is 15.3 Å². The van der Waals surface area contributed by atoms with Crippen LogP contribution in [0.5, 0.6) is 0 Å². The molecular weight excluding hydrogens is 368 g/mol. The number of thiophene rings is 1. The van der Waals surface area contributed by atoms with Crippen molar-refractivity contribution in [3.8, 4) is 10.4 Å². The predicted molar refractivity (Wildman–Crippen MR) is 102 cm³/mol. The predicted octanol–water partition coefficient (Wildman–Crippen LogP) is 4.72. The zero-order valence-corrected chi connectivity index (χ0v) is 15.1. The normalized spacial score (nSPS) is 19.1. The Balaban J connectivity index is 0.00000156. The van der Waals surface area contributed by atoms with Crippen LogP contribution < -0.4 is 10.6 Å². The van der Waals surface area contributed by atoms with Crippen LogP contribution >= 0.6 is 46.8 Å². The molecule has 4 nitrogen and oxygen atoms in total. The summed E-state index contributed by atoms with van der Waals surface area (Å²) in [6.45, 7) is 0. The van der Waals surface area contributed by atoms with Gasteiger partial charge < -0.3 is 10.6 Å². The number of halogens is 1. The molecule has 4 heterocycles. The van der Waals surface area contributed by atoms with Crippen LogP contribution in [0.25, 0.3) is 10.4 Å². The van der Waals surface area contributed by atoms with Gasteiger partial charge in [-0.1, -0.05) is 17.8 Å². The third-order valence-corrected chi connectivity index (χ3v) is 6.19. The van der Waals surface area contributed by atoms with E-state index in [0.29, 0.717) is 0 Å². The molecule has 0 bridgehead atoms. The first-order chi connectivity index (χ1) is 10.9. The Morgan fingerprint density at radius 1 is 1.09 bits per heavy atom. The fraction of sp³-hybridized carbons (Fsp3) is 0.0667. The Morgan fingerprint density at radius 3 is 2.65 bits per heavy atom. The van der Waals surface area contributed by atoms with E-state index in [9.17, 15) is 0 Å². The fourth-order valence-corrected chi connectivity index (χ4v) is 4.63. The SMILES string of the molecule is C1=CSC(Nc2ccc(-c3cccs3)cn2)(c2nccs2)N1.Cl. The molecule has 0 fully saturated rings. The van der Waals surface area contributed by atoms with Crippen LogP contribution in [-0.4, -0.2) is 9.97 Å². The third-order valence-electron chi connectivity index (χ3n) is 3.21. The lowest BCUT2D eigenvalue weighted by atomic mass is 10.2. The molecule has 8 heteroatoms. The van der Waals surface area contributed by atoms with E-state index >= 15 is 0 Å². The van der Waals surface area contributed by atoms with Crippen LogP contribution in [0.2, 0.25) is 0 Å². The van der Waals surface area contributed by atoms with E-state index in [1.807, 2.05) is 41.5 Å². The van der Waals surface area contributed by atoms with Crippen molar-refractivity contribution in [2.24, 2.45) is 0 Å². The molecule has 1 aliphatic rings. The third kappa shape index (κ3) is 3.23. The highest BCUT2D eigenvalue weighted by atomic mass is 35.5. The average Bonchev–Trinajstić information content (AvgIpc) is 3.30. The quantitative estimate of drug-likeness (QED) is 0.685. The number of rotatable bonds is 4. The maximum Gasteiger partial charge on any atom is 0.215 e. The van der Waals surface area contributed by atoms with Gasteiger partial charge in [-0.15, -0.1) is 35.1 Å². The summed E-state index contributed by atoms with van der Waals surface area (Å²) in [4.78, 5) is 9.73. The van der Waals surface area contributed by atoms with Gasteiger partial charge in [0.15, 0.2) is 0 Å². The van der Waals surface area contributed by atoms with Crippen LogP contribution in [0.4, 0.5) is 5.82 Å². The minimum Gasteiger partial charge on any atom is -0.354 e. The van der Waals surface area contributed by atoms with Gasteiger partial charge in [-0.05, 0) is 29.0 Å². The summed E-state index contributed by atoms with van der Waals surface area (Å²) < 4.78 is 0. The molecule has 0 amide bonds. The number of nitrogens with one attached hydrogen (secondary N) is 2. The molecule has 0 aliphatic carbocycles. The number of thiazole rings is 1. The summed E-state index contributed by atoms with van der Waals surface area (Å²) in [5.74, 6) is 0.819. The van der Waals surface area contributed by atoms with E-state index in [2.05, 4.69) is 38.1 Å². The Bertz CT molecular complexity index is 762. The summed E-state index contributed by atoms with van der Waals surface area (Å²) in [7, 11) is 0. The lowest BCUT2D eigenvalue weighted by molar-refractivity contribution is 0.640. The van der Waals surface area contributed by atoms with Crippen LogP contribution in [0.15, 0.2) is 59.0 Å². The number of aromatic nitrogens is 2. The Morgan fingerprint density at radius 2 is 2.04 bits per heavy atom. The van der Waals surface area contributed by atoms with Gasteiger partial charge in [-0.2, -0.15) is 0 Å². The molecule has 0 saturated carbocycles. The second-order valence-corrected chi connectivity index (χ2v) is 7.58. The van der Waals surface area contributed by atoms with Crippen molar-refractivity contribution >= 4 is 52.7 Å². The van der Waals surface area contributed by atoms with Crippen LogP contribution in [0, 0.1) is 0 Å². The molecule has 0 radical (unpaired) electrons. The lowest BCUT2D eigenvalue weighted by Crippen LogP contribution is -2.41. The summed E-state index contributed by atoms with van der Waals surface area (Å²) in [5.41, 5.74) is 1.13. The van der Waals surface area contributed by atoms with Crippen molar-refractivity contribution in [2.75, 3.05) is 5.32 Å². The second kappa shape index (κ2) is 6.92. The number of nitrogens with zero attached hydrogens (tertiary/aromatic N) is 2. The summed E-state index contributed by atoms with van der Waals surface area (Å²) in [6.07, 6.45) is 5.65. The number of thioether (sulfide) groups is 1. The van der Waals surface area contributed by atoms with E-state index < -0.39 is 4.99 Å². The number of pyridine rings is 1. The first-order valence-electron chi connectivity index (χ1n) is 6.64. The minimum absolute atomic E-state index is 0. The zero-order valence-electron chi connectivity index (χ0n) is 11.8. The first kappa shape index (κ1) is 16.3. The Hall–Kier alpha value is -1.54. The zero-order chi connectivity index (χ0) is 14.8. The number of hydrogen-bond acceptors (Lipinski definition) is 7. The maximum absolute atomic E-state index is 4.54. The van der Waals surface area contributed by atoms with Gasteiger partial charge in [-0.25, -0.2) is 9.97 Å². The maximum atomic E-state index is 4.54. The second-order valence-electron chi connectivity index (χ2n) is 4.62. The van der Waals surface area contributed by atoms with Gasteiger partial charge in [0.1, 0.15) is 10.8 Å². The van der Waals surface area contributed by atoms with Gasteiger partial charge in [0.05, 0.1) is 0 Å². The highest BCUT2D eigenvalue weighted by Gasteiger charge is 2.37. The first-order valence-corrected chi connectivity index (χ1v) is 9.28. The van der Waals surface area contributed by atoms with Crippen molar-refractivity contribution < 1.29 is 0 Å². The molecule has 3 aromatic rings. The van der Waals surface area contributed by atoms with Gasteiger partial charge in [0.25, 0.3) is 0 Å². The molecular formula is C15H13ClN4S3. The molecule has 118 valence electrons. The summed E-state index contributed by atoms with van der Waals surface area (Å²) in [6, 6.07) is 8.24. The Labute approximate surface area is 152 Å². The molecule has 1 atom stereocenters. The van der Waals surface area contributed by atoms with Gasteiger partial charge in [0, 0.05) is 34.4 Å². The lowest BCUT2D eigenvalue weighted by Gasteiger charge is -2.28. The molecule has 4 rings (SSSR count). The van der Waals surface area contributed by atoms with Crippen LogP contribution in [0.3, 0.4) is 0 Å². The molecule has 1 aliphatic heterocycles. The highest BCUT2D eigenvalue weighted by molar-refractivity contribution is 8.03. The number of anilines is 1. The standard InChI is InChI=1S/C15H12N4S3.ClH/c1-2-12(20-7-1)11-3-4-13(17-10-11)19-15(18-6-9-22-15)14-16-5-8-21-14;/h1-10,18H,(H,17,19);1H.